The van der Waals surface area contributed by atoms with Gasteiger partial charge in [-0.1, -0.05) is 12.1 Å². The highest BCUT2D eigenvalue weighted by Gasteiger charge is 2.07. The SMILES string of the molecule is Cc1[nH]nc2c(OC(C)C)cccc12. The molecule has 0 fully saturated rings. The van der Waals surface area contributed by atoms with Gasteiger partial charge in [0, 0.05) is 11.1 Å². The van der Waals surface area contributed by atoms with Crippen LogP contribution in [0, 0.1) is 6.92 Å². The zero-order chi connectivity index (χ0) is 10.1. The van der Waals surface area contributed by atoms with E-state index < -0.39 is 0 Å². The van der Waals surface area contributed by atoms with Gasteiger partial charge in [0.1, 0.15) is 11.3 Å². The lowest BCUT2D eigenvalue weighted by atomic mass is 10.2. The van der Waals surface area contributed by atoms with Crippen molar-refractivity contribution >= 4 is 10.9 Å². The van der Waals surface area contributed by atoms with Crippen LogP contribution in [0.15, 0.2) is 18.2 Å². The molecule has 0 aliphatic carbocycles. The van der Waals surface area contributed by atoms with Gasteiger partial charge in [0.15, 0.2) is 0 Å². The van der Waals surface area contributed by atoms with E-state index in [9.17, 15) is 0 Å². The number of fused-ring (bicyclic) bond motifs is 1. The molecule has 1 aromatic heterocycles. The van der Waals surface area contributed by atoms with Crippen LogP contribution < -0.4 is 4.74 Å². The molecule has 1 heterocycles. The van der Waals surface area contributed by atoms with Gasteiger partial charge >= 0.3 is 0 Å². The van der Waals surface area contributed by atoms with Crippen molar-refractivity contribution in [2.75, 3.05) is 0 Å². The molecule has 1 aromatic carbocycles. The van der Waals surface area contributed by atoms with Crippen LogP contribution in [0.3, 0.4) is 0 Å². The molecule has 0 amide bonds. The van der Waals surface area contributed by atoms with E-state index in [0.717, 1.165) is 22.3 Å². The Kier molecular flexibility index (Phi) is 2.15. The number of aromatic amines is 1. The van der Waals surface area contributed by atoms with Gasteiger partial charge in [0.05, 0.1) is 6.10 Å². The maximum atomic E-state index is 5.66. The molecular formula is C11H14N2O. The Bertz CT molecular complexity index is 445. The monoisotopic (exact) mass is 190 g/mol. The summed E-state index contributed by atoms with van der Waals surface area (Å²) in [6.07, 6.45) is 0.178. The van der Waals surface area contributed by atoms with Crippen LogP contribution in [-0.4, -0.2) is 16.3 Å². The van der Waals surface area contributed by atoms with E-state index >= 15 is 0 Å². The lowest BCUT2D eigenvalue weighted by molar-refractivity contribution is 0.245. The van der Waals surface area contributed by atoms with Crippen molar-refractivity contribution in [2.45, 2.75) is 26.9 Å². The molecule has 1 N–H and O–H groups in total. The number of aromatic nitrogens is 2. The first-order valence-electron chi connectivity index (χ1n) is 4.79. The second-order valence-corrected chi connectivity index (χ2v) is 3.67. The van der Waals surface area contributed by atoms with Crippen molar-refractivity contribution in [3.05, 3.63) is 23.9 Å². The van der Waals surface area contributed by atoms with Gasteiger partial charge in [0.2, 0.25) is 0 Å². The van der Waals surface area contributed by atoms with Crippen LogP contribution in [0.5, 0.6) is 5.75 Å². The summed E-state index contributed by atoms with van der Waals surface area (Å²) in [5, 5.41) is 8.31. The third-order valence-corrected chi connectivity index (χ3v) is 2.10. The number of H-pyrrole nitrogens is 1. The number of nitrogens with one attached hydrogen (secondary N) is 1. The molecule has 3 nitrogen and oxygen atoms in total. The molecule has 0 unspecified atom stereocenters. The van der Waals surface area contributed by atoms with Crippen LogP contribution in [0.4, 0.5) is 0 Å². The zero-order valence-electron chi connectivity index (χ0n) is 8.66. The van der Waals surface area contributed by atoms with E-state index in [-0.39, 0.29) is 6.10 Å². The molecule has 2 aromatic rings. The van der Waals surface area contributed by atoms with Crippen molar-refractivity contribution in [3.8, 4) is 5.75 Å². The van der Waals surface area contributed by atoms with Crippen LogP contribution in [0.1, 0.15) is 19.5 Å². The highest BCUT2D eigenvalue weighted by atomic mass is 16.5. The standard InChI is InChI=1S/C11H14N2O/c1-7(2)14-10-6-4-5-9-8(3)12-13-11(9)10/h4-7H,1-3H3,(H,12,13). The Morgan fingerprint density at radius 2 is 2.14 bits per heavy atom. The quantitative estimate of drug-likeness (QED) is 0.790. The summed E-state index contributed by atoms with van der Waals surface area (Å²) in [5.74, 6) is 0.849. The number of aryl methyl sites for hydroxylation is 1. The van der Waals surface area contributed by atoms with Crippen LogP contribution in [0.25, 0.3) is 10.9 Å². The number of para-hydroxylation sites is 1. The molecule has 14 heavy (non-hydrogen) atoms. The number of rotatable bonds is 2. The fraction of sp³-hybridized carbons (Fsp3) is 0.364. The summed E-state index contributed by atoms with van der Waals surface area (Å²) in [6, 6.07) is 5.98. The summed E-state index contributed by atoms with van der Waals surface area (Å²) >= 11 is 0. The maximum Gasteiger partial charge on any atom is 0.147 e. The van der Waals surface area contributed by atoms with Gasteiger partial charge in [-0.05, 0) is 26.8 Å². The normalized spacial score (nSPS) is 11.1. The molecule has 0 saturated carbocycles. The molecular weight excluding hydrogens is 176 g/mol. The Morgan fingerprint density at radius 1 is 1.36 bits per heavy atom. The summed E-state index contributed by atoms with van der Waals surface area (Å²) < 4.78 is 5.66. The van der Waals surface area contributed by atoms with E-state index in [2.05, 4.69) is 10.2 Å². The Morgan fingerprint density at radius 3 is 2.86 bits per heavy atom. The van der Waals surface area contributed by atoms with Gasteiger partial charge in [-0.2, -0.15) is 5.10 Å². The van der Waals surface area contributed by atoms with Crippen LogP contribution in [-0.2, 0) is 0 Å². The minimum absolute atomic E-state index is 0.178. The first-order valence-corrected chi connectivity index (χ1v) is 4.79. The van der Waals surface area contributed by atoms with Crippen molar-refractivity contribution in [2.24, 2.45) is 0 Å². The van der Waals surface area contributed by atoms with Gasteiger partial charge in [-0.3, -0.25) is 5.10 Å². The van der Waals surface area contributed by atoms with E-state index in [1.54, 1.807) is 0 Å². The van der Waals surface area contributed by atoms with Crippen LogP contribution in [0.2, 0.25) is 0 Å². The van der Waals surface area contributed by atoms with E-state index in [1.165, 1.54) is 0 Å². The highest BCUT2D eigenvalue weighted by molar-refractivity contribution is 5.86. The predicted molar refractivity (Wildman–Crippen MR) is 56.6 cm³/mol. The average Bonchev–Trinajstić information content (AvgIpc) is 2.49. The molecule has 0 aliphatic heterocycles. The molecule has 0 radical (unpaired) electrons. The van der Waals surface area contributed by atoms with Crippen molar-refractivity contribution in [1.82, 2.24) is 10.2 Å². The molecule has 74 valence electrons. The van der Waals surface area contributed by atoms with Crippen molar-refractivity contribution in [1.29, 1.82) is 0 Å². The average molecular weight is 190 g/mol. The number of ether oxygens (including phenoxy) is 1. The number of hydrogen-bond acceptors (Lipinski definition) is 2. The fourth-order valence-electron chi connectivity index (χ4n) is 1.49. The number of nitrogens with zero attached hydrogens (tertiary/aromatic N) is 1. The second-order valence-electron chi connectivity index (χ2n) is 3.67. The smallest absolute Gasteiger partial charge is 0.147 e. The molecule has 0 bridgehead atoms. The minimum Gasteiger partial charge on any atom is -0.489 e. The van der Waals surface area contributed by atoms with E-state index in [0.29, 0.717) is 0 Å². The zero-order valence-corrected chi connectivity index (χ0v) is 8.66. The first-order chi connectivity index (χ1) is 6.68. The van der Waals surface area contributed by atoms with E-state index in [1.807, 2.05) is 39.0 Å². The van der Waals surface area contributed by atoms with Crippen molar-refractivity contribution in [3.63, 3.8) is 0 Å². The third kappa shape index (κ3) is 1.45. The Hall–Kier alpha value is -1.51. The Balaban J connectivity index is 2.54. The third-order valence-electron chi connectivity index (χ3n) is 2.10. The first kappa shape index (κ1) is 9.06. The maximum absolute atomic E-state index is 5.66. The van der Waals surface area contributed by atoms with Gasteiger partial charge in [-0.25, -0.2) is 0 Å². The number of hydrogen-bond donors (Lipinski definition) is 1. The summed E-state index contributed by atoms with van der Waals surface area (Å²) in [7, 11) is 0. The van der Waals surface area contributed by atoms with Crippen molar-refractivity contribution < 1.29 is 4.74 Å². The lowest BCUT2D eigenvalue weighted by Crippen LogP contribution is -2.05. The molecule has 2 rings (SSSR count). The summed E-state index contributed by atoms with van der Waals surface area (Å²) in [4.78, 5) is 0. The summed E-state index contributed by atoms with van der Waals surface area (Å²) in [6.45, 7) is 6.03. The van der Waals surface area contributed by atoms with Crippen LogP contribution >= 0.6 is 0 Å². The highest BCUT2D eigenvalue weighted by Crippen LogP contribution is 2.25. The molecule has 0 aliphatic rings. The van der Waals surface area contributed by atoms with E-state index in [4.69, 9.17) is 4.74 Å². The summed E-state index contributed by atoms with van der Waals surface area (Å²) in [5.41, 5.74) is 1.99. The molecule has 3 heteroatoms. The predicted octanol–water partition coefficient (Wildman–Crippen LogP) is 2.66. The largest absolute Gasteiger partial charge is 0.489 e. The van der Waals surface area contributed by atoms with Gasteiger partial charge < -0.3 is 4.74 Å². The molecule has 0 atom stereocenters. The second kappa shape index (κ2) is 3.33. The number of benzene rings is 1. The Labute approximate surface area is 83.1 Å². The molecule has 0 spiro atoms. The topological polar surface area (TPSA) is 37.9 Å². The lowest BCUT2D eigenvalue weighted by Gasteiger charge is -2.09. The van der Waals surface area contributed by atoms with Gasteiger partial charge in [0.25, 0.3) is 0 Å². The van der Waals surface area contributed by atoms with Gasteiger partial charge in [-0.15, -0.1) is 0 Å². The fourth-order valence-corrected chi connectivity index (χ4v) is 1.49. The minimum atomic E-state index is 0.178. The molecule has 0 saturated heterocycles.